The average Bonchev–Trinajstić information content (AvgIpc) is 3.01. The van der Waals surface area contributed by atoms with E-state index < -0.39 is 17.7 Å². The average molecular weight is 465 g/mol. The standard InChI is InChI=1S/C25H36O6S/c1-2-3-8-15-25(31,18-11-13-19(26)14-12-18)17-32-24-20(21(27)16-22(24)28)9-6-4-5-7-10-23(29)30/h4,6,11-14,20,22,24,26,28,31H,2-3,5,7-10,15-17H2,1H3,(H,29,30)/t20-,22?,24+,25?/m0/s1. The number of allylic oxidation sites excluding steroid dienone is 2. The van der Waals surface area contributed by atoms with Crippen LogP contribution in [0.1, 0.15) is 70.3 Å². The van der Waals surface area contributed by atoms with Crippen LogP contribution in [0.15, 0.2) is 36.4 Å². The van der Waals surface area contributed by atoms with Crippen molar-refractivity contribution in [1.82, 2.24) is 0 Å². The van der Waals surface area contributed by atoms with Gasteiger partial charge in [0, 0.05) is 29.8 Å². The molecule has 1 saturated carbocycles. The molecule has 0 saturated heterocycles. The third-order valence-corrected chi connectivity index (χ3v) is 7.70. The van der Waals surface area contributed by atoms with Crippen molar-refractivity contribution in [2.75, 3.05) is 5.75 Å². The molecule has 0 spiro atoms. The van der Waals surface area contributed by atoms with Crippen LogP contribution in [0.5, 0.6) is 5.75 Å². The molecule has 6 nitrogen and oxygen atoms in total. The summed E-state index contributed by atoms with van der Waals surface area (Å²) in [5.74, 6) is -0.599. The number of rotatable bonds is 14. The fourth-order valence-electron chi connectivity index (χ4n) is 4.12. The number of aliphatic hydroxyl groups excluding tert-OH is 1. The van der Waals surface area contributed by atoms with E-state index in [1.807, 2.05) is 12.2 Å². The number of ketones is 1. The van der Waals surface area contributed by atoms with Gasteiger partial charge < -0.3 is 20.4 Å². The molecule has 7 heteroatoms. The van der Waals surface area contributed by atoms with Gasteiger partial charge in [-0.3, -0.25) is 9.59 Å². The zero-order valence-corrected chi connectivity index (χ0v) is 19.6. The number of Topliss-reactive ketones (excluding diaryl/α,β-unsaturated/α-hetero) is 1. The van der Waals surface area contributed by atoms with Gasteiger partial charge in [-0.25, -0.2) is 0 Å². The lowest BCUT2D eigenvalue weighted by molar-refractivity contribution is -0.137. The van der Waals surface area contributed by atoms with Gasteiger partial charge in [0.05, 0.1) is 11.7 Å². The first-order chi connectivity index (χ1) is 15.3. The number of hydrogen-bond donors (Lipinski definition) is 4. The van der Waals surface area contributed by atoms with Gasteiger partial charge in [-0.05, 0) is 43.4 Å². The third kappa shape index (κ3) is 7.94. The van der Waals surface area contributed by atoms with Crippen molar-refractivity contribution in [3.8, 4) is 5.75 Å². The Labute approximate surface area is 194 Å². The number of aliphatic hydroxyl groups is 2. The lowest BCUT2D eigenvalue weighted by Gasteiger charge is -2.31. The molecule has 2 rings (SSSR count). The summed E-state index contributed by atoms with van der Waals surface area (Å²) in [6.45, 7) is 2.11. The summed E-state index contributed by atoms with van der Waals surface area (Å²) in [5.41, 5.74) is -0.372. The quantitative estimate of drug-likeness (QED) is 0.238. The molecule has 0 aromatic heterocycles. The second-order valence-corrected chi connectivity index (χ2v) is 9.81. The monoisotopic (exact) mass is 464 g/mol. The number of phenolic OH excluding ortho intramolecular Hbond substituents is 1. The maximum atomic E-state index is 12.5. The summed E-state index contributed by atoms with van der Waals surface area (Å²) in [6.07, 6.45) is 8.51. The maximum Gasteiger partial charge on any atom is 0.303 e. The lowest BCUT2D eigenvalue weighted by Crippen LogP contribution is -2.32. The van der Waals surface area contributed by atoms with E-state index in [1.54, 1.807) is 24.3 Å². The Morgan fingerprint density at radius 3 is 2.56 bits per heavy atom. The van der Waals surface area contributed by atoms with Gasteiger partial charge >= 0.3 is 5.97 Å². The Hall–Kier alpha value is -1.83. The number of thioether (sulfide) groups is 1. The van der Waals surface area contributed by atoms with Gasteiger partial charge in [-0.1, -0.05) is 50.5 Å². The zero-order chi connectivity index (χ0) is 23.6. The summed E-state index contributed by atoms with van der Waals surface area (Å²) in [6, 6.07) is 6.60. The van der Waals surface area contributed by atoms with Crippen molar-refractivity contribution >= 4 is 23.5 Å². The van der Waals surface area contributed by atoms with Gasteiger partial charge in [-0.2, -0.15) is 11.8 Å². The first-order valence-corrected chi connectivity index (χ1v) is 12.5. The third-order valence-electron chi connectivity index (χ3n) is 6.03. The predicted octanol–water partition coefficient (Wildman–Crippen LogP) is 4.41. The van der Waals surface area contributed by atoms with Crippen LogP contribution in [0.25, 0.3) is 0 Å². The normalized spacial score (nSPS) is 23.0. The molecule has 0 heterocycles. The van der Waals surface area contributed by atoms with Crippen LogP contribution >= 0.6 is 11.8 Å². The number of carboxylic acid groups (broad SMARTS) is 1. The molecule has 0 bridgehead atoms. The Bertz CT molecular complexity index is 762. The second-order valence-electron chi connectivity index (χ2n) is 8.65. The molecule has 32 heavy (non-hydrogen) atoms. The van der Waals surface area contributed by atoms with E-state index in [2.05, 4.69) is 6.92 Å². The highest BCUT2D eigenvalue weighted by atomic mass is 32.2. The summed E-state index contributed by atoms with van der Waals surface area (Å²) >= 11 is 1.45. The highest BCUT2D eigenvalue weighted by Gasteiger charge is 2.42. The molecule has 2 unspecified atom stereocenters. The number of unbranched alkanes of at least 4 members (excludes halogenated alkanes) is 3. The zero-order valence-electron chi connectivity index (χ0n) is 18.8. The van der Waals surface area contributed by atoms with Crippen LogP contribution in [0.2, 0.25) is 0 Å². The number of hydrogen-bond acceptors (Lipinski definition) is 6. The smallest absolute Gasteiger partial charge is 0.303 e. The van der Waals surface area contributed by atoms with Gasteiger partial charge in [-0.15, -0.1) is 0 Å². The van der Waals surface area contributed by atoms with Crippen LogP contribution in [0.4, 0.5) is 0 Å². The molecule has 1 aromatic rings. The minimum Gasteiger partial charge on any atom is -0.508 e. The van der Waals surface area contributed by atoms with E-state index in [0.29, 0.717) is 31.4 Å². The Morgan fingerprint density at radius 1 is 1.19 bits per heavy atom. The van der Waals surface area contributed by atoms with Gasteiger partial charge in [0.2, 0.25) is 0 Å². The number of aliphatic carboxylic acids is 1. The van der Waals surface area contributed by atoms with Crippen LogP contribution < -0.4 is 0 Å². The van der Waals surface area contributed by atoms with Crippen LogP contribution in [0, 0.1) is 5.92 Å². The molecule has 1 aliphatic carbocycles. The molecule has 0 amide bonds. The molecular formula is C25H36O6S. The van der Waals surface area contributed by atoms with Crippen LogP contribution in [0.3, 0.4) is 0 Å². The number of carbonyl (C=O) groups is 2. The topological polar surface area (TPSA) is 115 Å². The van der Waals surface area contributed by atoms with E-state index >= 15 is 0 Å². The van der Waals surface area contributed by atoms with Crippen molar-refractivity contribution in [3.63, 3.8) is 0 Å². The molecule has 4 N–H and O–H groups in total. The summed E-state index contributed by atoms with van der Waals surface area (Å²) in [7, 11) is 0. The number of carbonyl (C=O) groups excluding carboxylic acids is 1. The largest absolute Gasteiger partial charge is 0.508 e. The first-order valence-electron chi connectivity index (χ1n) is 11.5. The summed E-state index contributed by atoms with van der Waals surface area (Å²) in [4.78, 5) is 23.1. The SMILES string of the molecule is CCCCCC(O)(CS[C@H]1C(O)CC(=O)[C@@H]1CC=CCCCC(=O)O)c1ccc(O)cc1. The van der Waals surface area contributed by atoms with Crippen LogP contribution in [-0.4, -0.2) is 49.3 Å². The fraction of sp³-hybridized carbons (Fsp3) is 0.600. The Morgan fingerprint density at radius 2 is 1.91 bits per heavy atom. The Kier molecular flexibility index (Phi) is 10.7. The van der Waals surface area contributed by atoms with Gasteiger partial charge in [0.1, 0.15) is 11.5 Å². The molecule has 0 radical (unpaired) electrons. The minimum absolute atomic E-state index is 0.0318. The second kappa shape index (κ2) is 13.0. The number of benzene rings is 1. The number of carboxylic acids is 1. The van der Waals surface area contributed by atoms with E-state index in [4.69, 9.17) is 5.11 Å². The van der Waals surface area contributed by atoms with Crippen molar-refractivity contribution in [3.05, 3.63) is 42.0 Å². The van der Waals surface area contributed by atoms with E-state index in [-0.39, 0.29) is 35.5 Å². The summed E-state index contributed by atoms with van der Waals surface area (Å²) < 4.78 is 0. The molecule has 4 atom stereocenters. The first kappa shape index (κ1) is 26.4. The van der Waals surface area contributed by atoms with E-state index in [0.717, 1.165) is 24.8 Å². The molecule has 178 valence electrons. The van der Waals surface area contributed by atoms with Gasteiger partial charge in [0.15, 0.2) is 0 Å². The molecule has 1 aliphatic rings. The predicted molar refractivity (Wildman–Crippen MR) is 127 cm³/mol. The highest BCUT2D eigenvalue weighted by Crippen LogP contribution is 2.40. The van der Waals surface area contributed by atoms with Gasteiger partial charge in [0.25, 0.3) is 0 Å². The molecule has 0 aliphatic heterocycles. The number of phenols is 1. The van der Waals surface area contributed by atoms with Crippen molar-refractivity contribution in [1.29, 1.82) is 0 Å². The Balaban J connectivity index is 2.03. The maximum absolute atomic E-state index is 12.5. The number of aromatic hydroxyl groups is 1. The highest BCUT2D eigenvalue weighted by molar-refractivity contribution is 8.00. The summed E-state index contributed by atoms with van der Waals surface area (Å²) in [5, 5.41) is 40.0. The van der Waals surface area contributed by atoms with E-state index in [1.165, 1.54) is 11.8 Å². The minimum atomic E-state index is -1.10. The van der Waals surface area contributed by atoms with Crippen LogP contribution in [-0.2, 0) is 15.2 Å². The van der Waals surface area contributed by atoms with Crippen molar-refractivity contribution in [2.45, 2.75) is 81.7 Å². The molecule has 1 aromatic carbocycles. The molecular weight excluding hydrogens is 428 g/mol. The molecule has 1 fully saturated rings. The van der Waals surface area contributed by atoms with E-state index in [9.17, 15) is 24.9 Å². The van der Waals surface area contributed by atoms with Crippen molar-refractivity contribution in [2.24, 2.45) is 5.92 Å². The lowest BCUT2D eigenvalue weighted by atomic mass is 9.90. The fourth-order valence-corrected chi connectivity index (χ4v) is 5.72. The van der Waals surface area contributed by atoms with Crippen molar-refractivity contribution < 1.29 is 30.0 Å².